The fourth-order valence-electron chi connectivity index (χ4n) is 1.51. The van der Waals surface area contributed by atoms with E-state index in [1.165, 1.54) is 0 Å². The summed E-state index contributed by atoms with van der Waals surface area (Å²) in [7, 11) is -1.42. The largest absolute Gasteiger partial charge is 0.319 e. The zero-order valence-corrected chi connectivity index (χ0v) is 12.1. The Kier molecular flexibility index (Phi) is 5.58. The smallest absolute Gasteiger partial charge is 0.215 e. The third kappa shape index (κ3) is 4.39. The molecule has 0 amide bonds. The quantitative estimate of drug-likeness (QED) is 0.821. The molecule has 1 rings (SSSR count). The van der Waals surface area contributed by atoms with Gasteiger partial charge in [0.05, 0.1) is 5.75 Å². The summed E-state index contributed by atoms with van der Waals surface area (Å²) in [6.45, 7) is 4.77. The second-order valence-corrected chi connectivity index (χ2v) is 7.21. The van der Waals surface area contributed by atoms with Gasteiger partial charge in [0.2, 0.25) is 10.0 Å². The molecule has 6 heteroatoms. The average Bonchev–Trinajstić information content (AvgIpc) is 2.75. The van der Waals surface area contributed by atoms with E-state index in [0.29, 0.717) is 13.1 Å². The summed E-state index contributed by atoms with van der Waals surface area (Å²) < 4.78 is 25.9. The number of rotatable bonds is 7. The Hall–Kier alpha value is -0.430. The van der Waals surface area contributed by atoms with Crippen LogP contribution in [0.4, 0.5) is 0 Å². The Morgan fingerprint density at radius 3 is 2.65 bits per heavy atom. The Morgan fingerprint density at radius 2 is 2.18 bits per heavy atom. The van der Waals surface area contributed by atoms with Crippen LogP contribution in [0.15, 0.2) is 17.5 Å². The molecule has 0 unspecified atom stereocenters. The van der Waals surface area contributed by atoms with Gasteiger partial charge in [-0.05, 0) is 32.3 Å². The third-order valence-electron chi connectivity index (χ3n) is 2.44. The zero-order valence-electron chi connectivity index (χ0n) is 10.5. The lowest BCUT2D eigenvalue weighted by atomic mass is 10.4. The summed E-state index contributed by atoms with van der Waals surface area (Å²) in [5, 5.41) is 4.84. The fourth-order valence-corrected chi connectivity index (χ4v) is 3.97. The highest BCUT2D eigenvalue weighted by Crippen LogP contribution is 2.17. The summed E-state index contributed by atoms with van der Waals surface area (Å²) >= 11 is 1.59. The van der Waals surface area contributed by atoms with Gasteiger partial charge in [0.15, 0.2) is 0 Å². The number of sulfonamides is 1. The van der Waals surface area contributed by atoms with Gasteiger partial charge in [-0.3, -0.25) is 0 Å². The minimum atomic E-state index is -3.18. The number of nitrogens with one attached hydrogen (secondary N) is 1. The monoisotopic (exact) mass is 276 g/mol. The molecule has 0 aliphatic carbocycles. The van der Waals surface area contributed by atoms with Gasteiger partial charge in [-0.15, -0.1) is 11.3 Å². The Bertz CT molecular complexity index is 413. The van der Waals surface area contributed by atoms with Gasteiger partial charge in [0, 0.05) is 24.0 Å². The van der Waals surface area contributed by atoms with Crippen molar-refractivity contribution >= 4 is 21.4 Å². The standard InChI is InChI=1S/C11H20N2O2S2/c1-10(2)13(9-11-5-4-7-16-11)17(14,15)8-6-12-3/h4-5,7,10,12H,6,8-9H2,1-3H3. The van der Waals surface area contributed by atoms with Crippen LogP contribution in [-0.2, 0) is 16.6 Å². The van der Waals surface area contributed by atoms with E-state index < -0.39 is 10.0 Å². The fraction of sp³-hybridized carbons (Fsp3) is 0.636. The second-order valence-electron chi connectivity index (χ2n) is 4.14. The molecule has 1 aromatic heterocycles. The van der Waals surface area contributed by atoms with E-state index in [2.05, 4.69) is 5.32 Å². The predicted molar refractivity (Wildman–Crippen MR) is 72.7 cm³/mol. The molecule has 0 bridgehead atoms. The Balaban J connectivity index is 2.78. The molecule has 17 heavy (non-hydrogen) atoms. The lowest BCUT2D eigenvalue weighted by Crippen LogP contribution is -2.39. The first-order valence-electron chi connectivity index (χ1n) is 5.64. The first-order valence-corrected chi connectivity index (χ1v) is 8.12. The van der Waals surface area contributed by atoms with Crippen LogP contribution >= 0.6 is 11.3 Å². The van der Waals surface area contributed by atoms with E-state index in [1.54, 1.807) is 22.7 Å². The molecule has 0 aliphatic rings. The van der Waals surface area contributed by atoms with Crippen LogP contribution in [0.5, 0.6) is 0 Å². The van der Waals surface area contributed by atoms with Gasteiger partial charge in [0.25, 0.3) is 0 Å². The molecule has 0 aromatic carbocycles. The third-order valence-corrected chi connectivity index (χ3v) is 5.28. The van der Waals surface area contributed by atoms with Crippen molar-refractivity contribution in [1.29, 1.82) is 0 Å². The molecule has 0 radical (unpaired) electrons. The van der Waals surface area contributed by atoms with Crippen molar-refractivity contribution in [3.8, 4) is 0 Å². The molecule has 1 N–H and O–H groups in total. The molecule has 1 aromatic rings. The number of thiophene rings is 1. The molecule has 0 atom stereocenters. The van der Waals surface area contributed by atoms with E-state index in [-0.39, 0.29) is 11.8 Å². The summed E-state index contributed by atoms with van der Waals surface area (Å²) in [5.74, 6) is 0.146. The summed E-state index contributed by atoms with van der Waals surface area (Å²) in [4.78, 5) is 1.08. The molecule has 0 spiro atoms. The van der Waals surface area contributed by atoms with Crippen molar-refractivity contribution in [3.05, 3.63) is 22.4 Å². The van der Waals surface area contributed by atoms with E-state index in [9.17, 15) is 8.42 Å². The summed E-state index contributed by atoms with van der Waals surface area (Å²) in [5.41, 5.74) is 0. The van der Waals surface area contributed by atoms with Gasteiger partial charge < -0.3 is 5.32 Å². The van der Waals surface area contributed by atoms with Crippen molar-refractivity contribution in [1.82, 2.24) is 9.62 Å². The zero-order chi connectivity index (χ0) is 12.9. The van der Waals surface area contributed by atoms with E-state index >= 15 is 0 Å². The molecule has 0 saturated carbocycles. The lowest BCUT2D eigenvalue weighted by molar-refractivity contribution is 0.350. The molecule has 0 saturated heterocycles. The topological polar surface area (TPSA) is 49.4 Å². The summed E-state index contributed by atoms with van der Waals surface area (Å²) in [6, 6.07) is 3.89. The average molecular weight is 276 g/mol. The van der Waals surface area contributed by atoms with Gasteiger partial charge in [0.1, 0.15) is 0 Å². The maximum atomic E-state index is 12.1. The van der Waals surface area contributed by atoms with Gasteiger partial charge in [-0.2, -0.15) is 4.31 Å². The minimum absolute atomic E-state index is 0.0149. The van der Waals surface area contributed by atoms with Crippen molar-refractivity contribution in [3.63, 3.8) is 0 Å². The SMILES string of the molecule is CNCCS(=O)(=O)N(Cc1cccs1)C(C)C. The van der Waals surface area contributed by atoms with Crippen LogP contribution in [-0.4, -0.2) is 38.1 Å². The molecule has 4 nitrogen and oxygen atoms in total. The van der Waals surface area contributed by atoms with Crippen molar-refractivity contribution in [2.24, 2.45) is 0 Å². The summed E-state index contributed by atoms with van der Waals surface area (Å²) in [6.07, 6.45) is 0. The van der Waals surface area contributed by atoms with Crippen molar-refractivity contribution in [2.75, 3.05) is 19.3 Å². The Morgan fingerprint density at radius 1 is 1.47 bits per heavy atom. The molecule has 98 valence electrons. The minimum Gasteiger partial charge on any atom is -0.319 e. The van der Waals surface area contributed by atoms with Gasteiger partial charge in [-0.25, -0.2) is 8.42 Å². The first kappa shape index (κ1) is 14.6. The lowest BCUT2D eigenvalue weighted by Gasteiger charge is -2.25. The van der Waals surface area contributed by atoms with Crippen LogP contribution < -0.4 is 5.32 Å². The highest BCUT2D eigenvalue weighted by Gasteiger charge is 2.24. The highest BCUT2D eigenvalue weighted by atomic mass is 32.2. The van der Waals surface area contributed by atoms with Crippen LogP contribution in [0.25, 0.3) is 0 Å². The first-order chi connectivity index (χ1) is 7.97. The van der Waals surface area contributed by atoms with Crippen LogP contribution in [0.2, 0.25) is 0 Å². The molecule has 0 fully saturated rings. The van der Waals surface area contributed by atoms with E-state index in [1.807, 2.05) is 31.4 Å². The van der Waals surface area contributed by atoms with Crippen LogP contribution in [0.1, 0.15) is 18.7 Å². The molecule has 0 aliphatic heterocycles. The number of nitrogens with zero attached hydrogens (tertiary/aromatic N) is 1. The van der Waals surface area contributed by atoms with Crippen LogP contribution in [0, 0.1) is 0 Å². The normalized spacial score (nSPS) is 12.5. The second kappa shape index (κ2) is 6.49. The predicted octanol–water partition coefficient (Wildman–Crippen LogP) is 1.51. The maximum absolute atomic E-state index is 12.1. The molecule has 1 heterocycles. The van der Waals surface area contributed by atoms with Crippen LogP contribution in [0.3, 0.4) is 0 Å². The molecular formula is C11H20N2O2S2. The van der Waals surface area contributed by atoms with Gasteiger partial charge >= 0.3 is 0 Å². The maximum Gasteiger partial charge on any atom is 0.215 e. The number of hydrogen-bond acceptors (Lipinski definition) is 4. The molecular weight excluding hydrogens is 256 g/mol. The number of hydrogen-bond donors (Lipinski definition) is 1. The van der Waals surface area contributed by atoms with Crippen molar-refractivity contribution < 1.29 is 8.42 Å². The highest BCUT2D eigenvalue weighted by molar-refractivity contribution is 7.89. The Labute approximate surface area is 108 Å². The van der Waals surface area contributed by atoms with E-state index in [0.717, 1.165) is 4.88 Å². The van der Waals surface area contributed by atoms with Gasteiger partial charge in [-0.1, -0.05) is 6.07 Å². The van der Waals surface area contributed by atoms with Crippen molar-refractivity contribution in [2.45, 2.75) is 26.4 Å². The van der Waals surface area contributed by atoms with E-state index in [4.69, 9.17) is 0 Å².